The van der Waals surface area contributed by atoms with Gasteiger partial charge in [0, 0.05) is 6.04 Å². The Bertz CT molecular complexity index is 467. The third-order valence-corrected chi connectivity index (χ3v) is 4.51. The van der Waals surface area contributed by atoms with E-state index in [0.717, 1.165) is 44.5 Å². The fourth-order valence-electron chi connectivity index (χ4n) is 3.17. The van der Waals surface area contributed by atoms with Crippen molar-refractivity contribution in [3.05, 3.63) is 29.8 Å². The normalized spacial score (nSPS) is 18.4. The first-order chi connectivity index (χ1) is 10.2. The first kappa shape index (κ1) is 15.8. The maximum absolute atomic E-state index is 11.0. The van der Waals surface area contributed by atoms with Gasteiger partial charge in [0.2, 0.25) is 0 Å². The zero-order valence-corrected chi connectivity index (χ0v) is 12.9. The average Bonchev–Trinajstić information content (AvgIpc) is 2.53. The van der Waals surface area contributed by atoms with Gasteiger partial charge in [-0.2, -0.15) is 0 Å². The maximum Gasteiger partial charge on any atom is 0.306 e. The van der Waals surface area contributed by atoms with Crippen LogP contribution in [0.25, 0.3) is 0 Å². The van der Waals surface area contributed by atoms with Crippen molar-refractivity contribution in [2.45, 2.75) is 38.6 Å². The lowest BCUT2D eigenvalue weighted by molar-refractivity contribution is -0.143. The molecule has 1 fully saturated rings. The zero-order valence-electron chi connectivity index (χ0n) is 12.9. The molecular formula is C17H25NO3. The molecule has 0 aromatic heterocycles. The number of ether oxygens (including phenoxy) is 1. The molecule has 0 amide bonds. The maximum atomic E-state index is 11.0. The van der Waals surface area contributed by atoms with Crippen LogP contribution in [0.3, 0.4) is 0 Å². The number of piperidine rings is 1. The summed E-state index contributed by atoms with van der Waals surface area (Å²) in [6.45, 7) is 3.96. The number of nitrogens with zero attached hydrogens (tertiary/aromatic N) is 1. The summed E-state index contributed by atoms with van der Waals surface area (Å²) in [5.41, 5.74) is 1.23. The van der Waals surface area contributed by atoms with Crippen molar-refractivity contribution in [1.29, 1.82) is 0 Å². The summed E-state index contributed by atoms with van der Waals surface area (Å²) in [6.07, 6.45) is 3.55. The second-order valence-corrected chi connectivity index (χ2v) is 5.73. The Labute approximate surface area is 126 Å². The third-order valence-electron chi connectivity index (χ3n) is 4.51. The number of para-hydroxylation sites is 1. The van der Waals surface area contributed by atoms with E-state index in [1.165, 1.54) is 5.56 Å². The molecule has 1 aliphatic rings. The minimum atomic E-state index is -0.646. The minimum Gasteiger partial charge on any atom is -0.496 e. The summed E-state index contributed by atoms with van der Waals surface area (Å²) in [5, 5.41) is 9.09. The third kappa shape index (κ3) is 3.97. The van der Waals surface area contributed by atoms with Gasteiger partial charge in [0.1, 0.15) is 5.75 Å². The minimum absolute atomic E-state index is 0.162. The highest BCUT2D eigenvalue weighted by atomic mass is 16.5. The number of carboxylic acids is 1. The molecule has 1 saturated heterocycles. The molecule has 21 heavy (non-hydrogen) atoms. The molecule has 2 rings (SSSR count). The van der Waals surface area contributed by atoms with Crippen LogP contribution in [0.15, 0.2) is 24.3 Å². The van der Waals surface area contributed by atoms with E-state index in [9.17, 15) is 4.79 Å². The molecule has 0 radical (unpaired) electrons. The summed E-state index contributed by atoms with van der Waals surface area (Å²) in [6, 6.07) is 8.60. The first-order valence-electron chi connectivity index (χ1n) is 7.74. The molecule has 1 aromatic carbocycles. The van der Waals surface area contributed by atoms with Crippen LogP contribution in [0.5, 0.6) is 5.75 Å². The number of carboxylic acid groups (broad SMARTS) is 1. The van der Waals surface area contributed by atoms with Gasteiger partial charge in [0.15, 0.2) is 0 Å². The van der Waals surface area contributed by atoms with Crippen molar-refractivity contribution in [3.8, 4) is 5.75 Å². The summed E-state index contributed by atoms with van der Waals surface area (Å²) in [5.74, 6) is 0.133. The van der Waals surface area contributed by atoms with Gasteiger partial charge in [-0.1, -0.05) is 25.1 Å². The van der Waals surface area contributed by atoms with Crippen molar-refractivity contribution in [1.82, 2.24) is 4.90 Å². The summed E-state index contributed by atoms with van der Waals surface area (Å²) >= 11 is 0. The number of carbonyl (C=O) groups is 1. The lowest BCUT2D eigenvalue weighted by Gasteiger charge is -2.36. The summed E-state index contributed by atoms with van der Waals surface area (Å²) in [7, 11) is 1.71. The van der Waals surface area contributed by atoms with E-state index in [1.54, 1.807) is 7.11 Å². The molecule has 4 nitrogen and oxygen atoms in total. The molecule has 4 heteroatoms. The quantitative estimate of drug-likeness (QED) is 0.875. The Balaban J connectivity index is 1.99. The second kappa shape index (κ2) is 7.46. The Morgan fingerprint density at radius 1 is 1.38 bits per heavy atom. The molecule has 1 atom stereocenters. The van der Waals surface area contributed by atoms with Gasteiger partial charge in [-0.05, 0) is 50.4 Å². The molecule has 1 heterocycles. The van der Waals surface area contributed by atoms with E-state index in [1.807, 2.05) is 18.2 Å². The molecule has 116 valence electrons. The Morgan fingerprint density at radius 3 is 2.62 bits per heavy atom. The number of hydrogen-bond donors (Lipinski definition) is 1. The van der Waals surface area contributed by atoms with Gasteiger partial charge >= 0.3 is 5.97 Å². The molecule has 1 aliphatic heterocycles. The van der Waals surface area contributed by atoms with Crippen LogP contribution in [0, 0.1) is 5.92 Å². The Kier molecular flexibility index (Phi) is 5.62. The van der Waals surface area contributed by atoms with Crippen LogP contribution < -0.4 is 4.74 Å². The topological polar surface area (TPSA) is 49.8 Å². The predicted octanol–water partition coefficient (Wildman–Crippen LogP) is 2.81. The van der Waals surface area contributed by atoms with E-state index in [-0.39, 0.29) is 5.92 Å². The molecule has 0 aliphatic carbocycles. The Morgan fingerprint density at radius 2 is 2.05 bits per heavy atom. The predicted molar refractivity (Wildman–Crippen MR) is 82.7 cm³/mol. The van der Waals surface area contributed by atoms with Crippen molar-refractivity contribution in [2.75, 3.05) is 20.2 Å². The zero-order chi connectivity index (χ0) is 15.2. The lowest BCUT2D eigenvalue weighted by Crippen LogP contribution is -2.43. The van der Waals surface area contributed by atoms with Crippen LogP contribution >= 0.6 is 0 Å². The molecule has 0 saturated carbocycles. The van der Waals surface area contributed by atoms with Gasteiger partial charge in [-0.25, -0.2) is 0 Å². The van der Waals surface area contributed by atoms with Gasteiger partial charge in [-0.3, -0.25) is 4.79 Å². The van der Waals surface area contributed by atoms with Crippen molar-refractivity contribution >= 4 is 5.97 Å². The van der Waals surface area contributed by atoms with Gasteiger partial charge in [0.05, 0.1) is 13.0 Å². The second-order valence-electron chi connectivity index (χ2n) is 5.73. The van der Waals surface area contributed by atoms with Crippen LogP contribution in [0.2, 0.25) is 0 Å². The number of methoxy groups -OCH3 is 1. The highest BCUT2D eigenvalue weighted by Gasteiger charge is 2.28. The van der Waals surface area contributed by atoms with E-state index < -0.39 is 5.97 Å². The van der Waals surface area contributed by atoms with E-state index in [4.69, 9.17) is 9.84 Å². The largest absolute Gasteiger partial charge is 0.496 e. The number of hydrogen-bond acceptors (Lipinski definition) is 3. The lowest BCUT2D eigenvalue weighted by atomic mass is 9.93. The fraction of sp³-hybridized carbons (Fsp3) is 0.588. The van der Waals surface area contributed by atoms with Crippen LogP contribution in [0.1, 0.15) is 31.7 Å². The smallest absolute Gasteiger partial charge is 0.306 e. The highest BCUT2D eigenvalue weighted by molar-refractivity contribution is 5.70. The van der Waals surface area contributed by atoms with E-state index >= 15 is 0 Å². The van der Waals surface area contributed by atoms with Crippen molar-refractivity contribution in [3.63, 3.8) is 0 Å². The molecular weight excluding hydrogens is 266 g/mol. The van der Waals surface area contributed by atoms with E-state index in [0.29, 0.717) is 6.04 Å². The highest BCUT2D eigenvalue weighted by Crippen LogP contribution is 2.25. The van der Waals surface area contributed by atoms with Crippen LogP contribution in [0.4, 0.5) is 0 Å². The van der Waals surface area contributed by atoms with E-state index in [2.05, 4.69) is 17.9 Å². The van der Waals surface area contributed by atoms with Gasteiger partial charge < -0.3 is 14.7 Å². The monoisotopic (exact) mass is 291 g/mol. The molecule has 0 bridgehead atoms. The summed E-state index contributed by atoms with van der Waals surface area (Å²) in [4.78, 5) is 13.5. The average molecular weight is 291 g/mol. The van der Waals surface area contributed by atoms with Crippen molar-refractivity contribution < 1.29 is 14.6 Å². The molecule has 0 spiro atoms. The Hall–Kier alpha value is -1.55. The molecule has 1 aromatic rings. The number of aliphatic carboxylic acids is 1. The number of rotatable bonds is 6. The molecule has 1 N–H and O–H groups in total. The fourth-order valence-corrected chi connectivity index (χ4v) is 3.17. The summed E-state index contributed by atoms with van der Waals surface area (Å²) < 4.78 is 5.43. The molecule has 1 unspecified atom stereocenters. The van der Waals surface area contributed by atoms with Gasteiger partial charge in [0.25, 0.3) is 0 Å². The van der Waals surface area contributed by atoms with Crippen LogP contribution in [-0.2, 0) is 11.2 Å². The number of benzene rings is 1. The van der Waals surface area contributed by atoms with Gasteiger partial charge in [-0.15, -0.1) is 0 Å². The first-order valence-corrected chi connectivity index (χ1v) is 7.74. The SMILES string of the molecule is CCC(Cc1ccccc1OC)N1CCC(C(=O)O)CC1. The number of likely N-dealkylation sites (tertiary alicyclic amines) is 1. The standard InChI is InChI=1S/C17H25NO3/c1-3-15(12-14-6-4-5-7-16(14)21-2)18-10-8-13(9-11-18)17(19)20/h4-7,13,15H,3,8-12H2,1-2H3,(H,19,20). The van der Waals surface area contributed by atoms with Crippen LogP contribution in [-0.4, -0.2) is 42.2 Å². The van der Waals surface area contributed by atoms with Crippen molar-refractivity contribution in [2.24, 2.45) is 5.92 Å².